The normalized spacial score (nSPS) is 19.4. The Morgan fingerprint density at radius 1 is 1.29 bits per heavy atom. The molecular weight excluding hydrogens is 444 g/mol. The summed E-state index contributed by atoms with van der Waals surface area (Å²) in [5.74, 6) is -2.00. The molecule has 8 nitrogen and oxygen atoms in total. The van der Waals surface area contributed by atoms with Gasteiger partial charge < -0.3 is 5.32 Å². The largest absolute Gasteiger partial charge is 0.419 e. The van der Waals surface area contributed by atoms with Crippen LogP contribution in [0.15, 0.2) is 30.0 Å². The number of hydroxylamine groups is 1. The highest BCUT2D eigenvalue weighted by Crippen LogP contribution is 2.33. The van der Waals surface area contributed by atoms with E-state index in [9.17, 15) is 30.8 Å². The van der Waals surface area contributed by atoms with Gasteiger partial charge in [-0.1, -0.05) is 6.07 Å². The SMILES string of the molecule is CN(C)S(=O)(=O)N1CCC2(C=C(C(=O)NCc3ccc(C(F)(F)F)c(F)c3)NO2)CC1. The first kappa shape index (κ1) is 23.4. The molecule has 2 aliphatic heterocycles. The van der Waals surface area contributed by atoms with Crippen LogP contribution in [0, 0.1) is 5.82 Å². The molecule has 0 bridgehead atoms. The molecule has 1 fully saturated rings. The molecule has 3 rings (SSSR count). The van der Waals surface area contributed by atoms with E-state index in [1.807, 2.05) is 0 Å². The van der Waals surface area contributed by atoms with Crippen molar-refractivity contribution in [2.24, 2.45) is 0 Å². The third-order valence-corrected chi connectivity index (χ3v) is 7.11. The van der Waals surface area contributed by atoms with Crippen LogP contribution in [0.3, 0.4) is 0 Å². The van der Waals surface area contributed by atoms with Gasteiger partial charge in [-0.05, 0) is 36.6 Å². The minimum Gasteiger partial charge on any atom is -0.347 e. The number of hydrogen-bond acceptors (Lipinski definition) is 5. The Bertz CT molecular complexity index is 987. The summed E-state index contributed by atoms with van der Waals surface area (Å²) in [4.78, 5) is 17.9. The molecule has 1 spiro atoms. The van der Waals surface area contributed by atoms with E-state index in [4.69, 9.17) is 4.84 Å². The molecule has 2 aliphatic rings. The quantitative estimate of drug-likeness (QED) is 0.643. The summed E-state index contributed by atoms with van der Waals surface area (Å²) in [6, 6.07) is 2.43. The number of amides is 1. The van der Waals surface area contributed by atoms with E-state index in [0.29, 0.717) is 18.9 Å². The number of carbonyl (C=O) groups excluding carboxylic acids is 1. The maximum Gasteiger partial charge on any atom is 0.419 e. The molecule has 31 heavy (non-hydrogen) atoms. The fraction of sp³-hybridized carbons (Fsp3) is 0.500. The van der Waals surface area contributed by atoms with Crippen molar-refractivity contribution in [3.8, 4) is 0 Å². The van der Waals surface area contributed by atoms with Gasteiger partial charge in [-0.15, -0.1) is 0 Å². The van der Waals surface area contributed by atoms with E-state index in [1.54, 1.807) is 6.08 Å². The van der Waals surface area contributed by atoms with Gasteiger partial charge in [0.05, 0.1) is 5.56 Å². The van der Waals surface area contributed by atoms with Crippen LogP contribution in [-0.2, 0) is 32.6 Å². The minimum atomic E-state index is -4.79. The van der Waals surface area contributed by atoms with Crippen molar-refractivity contribution < 1.29 is 35.6 Å². The highest BCUT2D eigenvalue weighted by molar-refractivity contribution is 7.86. The maximum atomic E-state index is 13.6. The van der Waals surface area contributed by atoms with E-state index in [-0.39, 0.29) is 30.9 Å². The molecule has 172 valence electrons. The van der Waals surface area contributed by atoms with Crippen molar-refractivity contribution in [1.29, 1.82) is 0 Å². The lowest BCUT2D eigenvalue weighted by Crippen LogP contribution is -2.49. The van der Waals surface area contributed by atoms with Crippen molar-refractivity contribution in [3.05, 3.63) is 46.9 Å². The number of halogens is 4. The lowest BCUT2D eigenvalue weighted by atomic mass is 9.92. The Labute approximate surface area is 177 Å². The molecule has 1 amide bonds. The van der Waals surface area contributed by atoms with Crippen LogP contribution >= 0.6 is 0 Å². The fourth-order valence-electron chi connectivity index (χ4n) is 3.34. The van der Waals surface area contributed by atoms with Crippen LogP contribution in [0.2, 0.25) is 0 Å². The van der Waals surface area contributed by atoms with Crippen LogP contribution in [0.4, 0.5) is 17.6 Å². The Morgan fingerprint density at radius 3 is 2.48 bits per heavy atom. The Balaban J connectivity index is 1.59. The van der Waals surface area contributed by atoms with E-state index in [1.165, 1.54) is 18.4 Å². The molecular formula is C18H22F4N4O4S. The summed E-state index contributed by atoms with van der Waals surface area (Å²) < 4.78 is 78.4. The highest BCUT2D eigenvalue weighted by atomic mass is 32.2. The van der Waals surface area contributed by atoms with Gasteiger partial charge in [-0.2, -0.15) is 30.2 Å². The van der Waals surface area contributed by atoms with Crippen LogP contribution in [0.25, 0.3) is 0 Å². The number of piperidine rings is 1. The number of hydrogen-bond donors (Lipinski definition) is 2. The Morgan fingerprint density at radius 2 is 1.94 bits per heavy atom. The van der Waals surface area contributed by atoms with E-state index in [2.05, 4.69) is 10.8 Å². The van der Waals surface area contributed by atoms with Gasteiger partial charge in [0.25, 0.3) is 16.1 Å². The van der Waals surface area contributed by atoms with Crippen molar-refractivity contribution in [3.63, 3.8) is 0 Å². The van der Waals surface area contributed by atoms with E-state index in [0.717, 1.165) is 16.4 Å². The summed E-state index contributed by atoms with van der Waals surface area (Å²) in [6.07, 6.45) is -2.57. The summed E-state index contributed by atoms with van der Waals surface area (Å²) in [7, 11) is -0.656. The number of nitrogens with zero attached hydrogens (tertiary/aromatic N) is 2. The molecule has 0 unspecified atom stereocenters. The standard InChI is InChI=1S/C18H22F4N4O4S/c1-25(2)31(28,29)26-7-5-17(6-8-26)10-15(24-30-17)16(27)23-11-12-3-4-13(14(19)9-12)18(20,21)22/h3-4,9-10,24H,5-8,11H2,1-2H3,(H,23,27). The predicted octanol–water partition coefficient (Wildman–Crippen LogP) is 1.52. The summed E-state index contributed by atoms with van der Waals surface area (Å²) >= 11 is 0. The van der Waals surface area contributed by atoms with E-state index >= 15 is 0 Å². The molecule has 1 aromatic carbocycles. The van der Waals surface area contributed by atoms with Crippen LogP contribution in [0.5, 0.6) is 0 Å². The second kappa shape index (κ2) is 8.37. The first-order valence-corrected chi connectivity index (χ1v) is 10.7. The van der Waals surface area contributed by atoms with Gasteiger partial charge in [-0.25, -0.2) is 4.39 Å². The van der Waals surface area contributed by atoms with Gasteiger partial charge in [0, 0.05) is 33.7 Å². The highest BCUT2D eigenvalue weighted by Gasteiger charge is 2.42. The van der Waals surface area contributed by atoms with Gasteiger partial charge in [0.1, 0.15) is 17.1 Å². The maximum absolute atomic E-state index is 13.6. The molecule has 0 radical (unpaired) electrons. The van der Waals surface area contributed by atoms with Gasteiger partial charge in [0.2, 0.25) is 0 Å². The molecule has 13 heteroatoms. The van der Waals surface area contributed by atoms with Crippen LogP contribution in [0.1, 0.15) is 24.0 Å². The molecule has 0 aromatic heterocycles. The summed E-state index contributed by atoms with van der Waals surface area (Å²) in [5.41, 5.74) is 0.558. The fourth-order valence-corrected chi connectivity index (χ4v) is 4.45. The summed E-state index contributed by atoms with van der Waals surface area (Å²) in [6.45, 7) is 0.228. The molecule has 0 saturated carbocycles. The van der Waals surface area contributed by atoms with E-state index < -0.39 is 39.3 Å². The zero-order chi connectivity index (χ0) is 23.0. The monoisotopic (exact) mass is 466 g/mol. The van der Waals surface area contributed by atoms with Gasteiger partial charge in [0.15, 0.2) is 0 Å². The second-order valence-corrected chi connectivity index (χ2v) is 9.65. The minimum absolute atomic E-state index is 0.0938. The predicted molar refractivity (Wildman–Crippen MR) is 102 cm³/mol. The third-order valence-electron chi connectivity index (χ3n) is 5.16. The Hall–Kier alpha value is -2.22. The number of alkyl halides is 3. The molecule has 0 aliphatic carbocycles. The first-order valence-electron chi connectivity index (χ1n) is 9.32. The average Bonchev–Trinajstić information content (AvgIpc) is 3.09. The molecule has 2 heterocycles. The number of nitrogens with one attached hydrogen (secondary N) is 2. The molecule has 0 atom stereocenters. The lowest BCUT2D eigenvalue weighted by molar-refractivity contribution is -0.140. The average molecular weight is 466 g/mol. The smallest absolute Gasteiger partial charge is 0.347 e. The van der Waals surface area contributed by atoms with Crippen molar-refractivity contribution in [1.82, 2.24) is 19.4 Å². The third kappa shape index (κ3) is 5.00. The van der Waals surface area contributed by atoms with Crippen LogP contribution in [-0.4, -0.2) is 55.7 Å². The zero-order valence-corrected chi connectivity index (χ0v) is 17.6. The first-order chi connectivity index (χ1) is 14.3. The zero-order valence-electron chi connectivity index (χ0n) is 16.8. The lowest BCUT2D eigenvalue weighted by Gasteiger charge is -2.36. The number of carbonyl (C=O) groups is 1. The molecule has 1 saturated heterocycles. The van der Waals surface area contributed by atoms with Crippen molar-refractivity contribution >= 4 is 16.1 Å². The number of rotatable bonds is 5. The summed E-state index contributed by atoms with van der Waals surface area (Å²) in [5, 5.41) is 2.49. The van der Waals surface area contributed by atoms with Crippen molar-refractivity contribution in [2.75, 3.05) is 27.2 Å². The number of benzene rings is 1. The van der Waals surface area contributed by atoms with Gasteiger partial charge >= 0.3 is 6.18 Å². The topological polar surface area (TPSA) is 91.0 Å². The molecule has 1 aromatic rings. The van der Waals surface area contributed by atoms with Crippen molar-refractivity contribution in [2.45, 2.75) is 31.2 Å². The van der Waals surface area contributed by atoms with Gasteiger partial charge in [-0.3, -0.25) is 15.1 Å². The second-order valence-electron chi connectivity index (χ2n) is 7.51. The Kier molecular flexibility index (Phi) is 6.33. The van der Waals surface area contributed by atoms with Crippen LogP contribution < -0.4 is 10.8 Å². The molecule has 2 N–H and O–H groups in total.